The van der Waals surface area contributed by atoms with Crippen molar-refractivity contribution in [1.29, 1.82) is 0 Å². The lowest BCUT2D eigenvalue weighted by Crippen LogP contribution is -2.57. The highest BCUT2D eigenvalue weighted by atomic mass is 35.5. The molecule has 22 heavy (non-hydrogen) atoms. The van der Waals surface area contributed by atoms with Gasteiger partial charge in [0, 0.05) is 28.6 Å². The number of rotatable bonds is 2. The van der Waals surface area contributed by atoms with E-state index in [1.54, 1.807) is 0 Å². The Morgan fingerprint density at radius 3 is 2.73 bits per heavy atom. The molecule has 2 aromatic carbocycles. The predicted octanol–water partition coefficient (Wildman–Crippen LogP) is 3.32. The summed E-state index contributed by atoms with van der Waals surface area (Å²) in [7, 11) is 0. The minimum absolute atomic E-state index is 0.0284. The standard InChI is InChI=1S/C18H19ClN2O/c19-16-3-1-2-13-10-14(4-5-15(13)16)18(22)20-17-11-21-8-6-12(17)7-9-21/h1-5,10,12,17H,6-9,11H2,(H,20,22). The first kappa shape index (κ1) is 14.0. The minimum atomic E-state index is 0.0284. The second kappa shape index (κ2) is 5.56. The molecule has 1 N–H and O–H groups in total. The molecule has 3 nitrogen and oxygen atoms in total. The van der Waals surface area contributed by atoms with Crippen LogP contribution in [0.3, 0.4) is 0 Å². The predicted molar refractivity (Wildman–Crippen MR) is 89.4 cm³/mol. The molecule has 1 atom stereocenters. The lowest BCUT2D eigenvalue weighted by atomic mass is 9.84. The Morgan fingerprint density at radius 2 is 2.00 bits per heavy atom. The summed E-state index contributed by atoms with van der Waals surface area (Å²) in [6.07, 6.45) is 2.41. The van der Waals surface area contributed by atoms with Crippen LogP contribution in [-0.4, -0.2) is 36.5 Å². The summed E-state index contributed by atoms with van der Waals surface area (Å²) in [6, 6.07) is 11.8. The van der Waals surface area contributed by atoms with E-state index in [-0.39, 0.29) is 5.91 Å². The first-order chi connectivity index (χ1) is 10.7. The average Bonchev–Trinajstić information content (AvgIpc) is 2.56. The number of hydrogen-bond acceptors (Lipinski definition) is 2. The van der Waals surface area contributed by atoms with Crippen LogP contribution in [0.5, 0.6) is 0 Å². The van der Waals surface area contributed by atoms with Crippen LogP contribution >= 0.6 is 11.6 Å². The molecule has 0 saturated carbocycles. The van der Waals surface area contributed by atoms with Crippen LogP contribution in [0.2, 0.25) is 5.02 Å². The third kappa shape index (κ3) is 2.49. The van der Waals surface area contributed by atoms with Crippen molar-refractivity contribution in [1.82, 2.24) is 10.2 Å². The fourth-order valence-corrected chi connectivity index (χ4v) is 4.01. The summed E-state index contributed by atoms with van der Waals surface area (Å²) in [5.74, 6) is 0.671. The van der Waals surface area contributed by atoms with Crippen LogP contribution in [0, 0.1) is 5.92 Å². The molecule has 0 aliphatic carbocycles. The number of carbonyl (C=O) groups is 1. The lowest BCUT2D eigenvalue weighted by Gasteiger charge is -2.44. The van der Waals surface area contributed by atoms with Crippen molar-refractivity contribution in [3.63, 3.8) is 0 Å². The highest BCUT2D eigenvalue weighted by molar-refractivity contribution is 6.35. The smallest absolute Gasteiger partial charge is 0.251 e. The second-order valence-electron chi connectivity index (χ2n) is 6.39. The molecule has 4 heteroatoms. The number of nitrogens with one attached hydrogen (secondary N) is 1. The maximum absolute atomic E-state index is 12.6. The van der Waals surface area contributed by atoms with E-state index in [9.17, 15) is 4.79 Å². The molecule has 1 amide bonds. The van der Waals surface area contributed by atoms with Gasteiger partial charge in [-0.25, -0.2) is 0 Å². The molecule has 2 aromatic rings. The SMILES string of the molecule is O=C(NC1CN2CCC1CC2)c1ccc2c(Cl)cccc2c1. The van der Waals surface area contributed by atoms with Gasteiger partial charge in [-0.15, -0.1) is 0 Å². The van der Waals surface area contributed by atoms with Crippen LogP contribution in [0.4, 0.5) is 0 Å². The van der Waals surface area contributed by atoms with E-state index in [1.165, 1.54) is 25.9 Å². The maximum Gasteiger partial charge on any atom is 0.251 e. The van der Waals surface area contributed by atoms with Gasteiger partial charge in [0.05, 0.1) is 0 Å². The van der Waals surface area contributed by atoms with Gasteiger partial charge in [0.1, 0.15) is 0 Å². The number of carbonyl (C=O) groups excluding carboxylic acids is 1. The normalized spacial score (nSPS) is 27.0. The average molecular weight is 315 g/mol. The van der Waals surface area contributed by atoms with Crippen LogP contribution in [0.1, 0.15) is 23.2 Å². The highest BCUT2D eigenvalue weighted by Crippen LogP contribution is 2.28. The summed E-state index contributed by atoms with van der Waals surface area (Å²) in [6.45, 7) is 3.37. The molecule has 0 aromatic heterocycles. The van der Waals surface area contributed by atoms with E-state index in [2.05, 4.69) is 10.2 Å². The number of nitrogens with zero attached hydrogens (tertiary/aromatic N) is 1. The van der Waals surface area contributed by atoms with Gasteiger partial charge in [0.2, 0.25) is 0 Å². The summed E-state index contributed by atoms with van der Waals surface area (Å²) < 4.78 is 0. The quantitative estimate of drug-likeness (QED) is 0.922. The van der Waals surface area contributed by atoms with Gasteiger partial charge in [0.25, 0.3) is 5.91 Å². The fraction of sp³-hybridized carbons (Fsp3) is 0.389. The molecule has 114 valence electrons. The van der Waals surface area contributed by atoms with Crippen LogP contribution in [0.15, 0.2) is 36.4 Å². The maximum atomic E-state index is 12.6. The van der Waals surface area contributed by atoms with E-state index < -0.39 is 0 Å². The van der Waals surface area contributed by atoms with Gasteiger partial charge in [-0.2, -0.15) is 0 Å². The zero-order chi connectivity index (χ0) is 15.1. The van der Waals surface area contributed by atoms with Crippen molar-refractivity contribution in [3.8, 4) is 0 Å². The van der Waals surface area contributed by atoms with Gasteiger partial charge >= 0.3 is 0 Å². The molecule has 3 heterocycles. The van der Waals surface area contributed by atoms with E-state index in [4.69, 9.17) is 11.6 Å². The molecule has 0 radical (unpaired) electrons. The first-order valence-electron chi connectivity index (χ1n) is 7.92. The Bertz CT molecular complexity index is 722. The minimum Gasteiger partial charge on any atom is -0.348 e. The Hall–Kier alpha value is -1.58. The van der Waals surface area contributed by atoms with E-state index in [1.807, 2.05) is 36.4 Å². The third-order valence-corrected chi connectivity index (χ3v) is 5.39. The number of fused-ring (bicyclic) bond motifs is 4. The molecule has 3 fully saturated rings. The molecule has 5 rings (SSSR count). The van der Waals surface area contributed by atoms with Crippen molar-refractivity contribution in [2.45, 2.75) is 18.9 Å². The summed E-state index contributed by atoms with van der Waals surface area (Å²) >= 11 is 6.18. The Balaban J connectivity index is 1.55. The molecule has 3 saturated heterocycles. The Labute approximate surface area is 135 Å². The van der Waals surface area contributed by atoms with E-state index in [0.717, 1.165) is 22.3 Å². The van der Waals surface area contributed by atoms with E-state index >= 15 is 0 Å². The van der Waals surface area contributed by atoms with Gasteiger partial charge in [0.15, 0.2) is 0 Å². The van der Waals surface area contributed by atoms with Gasteiger partial charge in [-0.05, 0) is 55.4 Å². The molecule has 1 unspecified atom stereocenters. The summed E-state index contributed by atoms with van der Waals surface area (Å²) in [5, 5.41) is 5.95. The molecular formula is C18H19ClN2O. The zero-order valence-corrected chi connectivity index (χ0v) is 13.1. The molecular weight excluding hydrogens is 296 g/mol. The van der Waals surface area contributed by atoms with Gasteiger partial charge in [-0.3, -0.25) is 4.79 Å². The molecule has 3 aliphatic heterocycles. The fourth-order valence-electron chi connectivity index (χ4n) is 3.77. The number of hydrogen-bond donors (Lipinski definition) is 1. The summed E-state index contributed by atoms with van der Waals surface area (Å²) in [4.78, 5) is 15.0. The number of piperidine rings is 3. The van der Waals surface area contributed by atoms with Crippen LogP contribution in [0.25, 0.3) is 10.8 Å². The zero-order valence-electron chi connectivity index (χ0n) is 12.4. The van der Waals surface area contributed by atoms with Gasteiger partial charge < -0.3 is 10.2 Å². The number of benzene rings is 2. The molecule has 3 aliphatic rings. The van der Waals surface area contributed by atoms with Crippen molar-refractivity contribution >= 4 is 28.3 Å². The number of amides is 1. The van der Waals surface area contributed by atoms with Gasteiger partial charge in [-0.1, -0.05) is 29.8 Å². The Kier molecular flexibility index (Phi) is 3.55. The lowest BCUT2D eigenvalue weighted by molar-refractivity contribution is 0.0620. The van der Waals surface area contributed by atoms with E-state index in [0.29, 0.717) is 17.5 Å². The Morgan fingerprint density at radius 1 is 1.18 bits per heavy atom. The highest BCUT2D eigenvalue weighted by Gasteiger charge is 2.34. The number of halogens is 1. The molecule has 2 bridgehead atoms. The largest absolute Gasteiger partial charge is 0.348 e. The molecule has 0 spiro atoms. The van der Waals surface area contributed by atoms with Crippen molar-refractivity contribution in [3.05, 3.63) is 47.0 Å². The van der Waals surface area contributed by atoms with Crippen molar-refractivity contribution in [2.75, 3.05) is 19.6 Å². The van der Waals surface area contributed by atoms with Crippen LogP contribution in [-0.2, 0) is 0 Å². The topological polar surface area (TPSA) is 32.3 Å². The van der Waals surface area contributed by atoms with Crippen molar-refractivity contribution in [2.24, 2.45) is 5.92 Å². The first-order valence-corrected chi connectivity index (χ1v) is 8.30. The summed E-state index contributed by atoms with van der Waals surface area (Å²) in [5.41, 5.74) is 0.714. The third-order valence-electron chi connectivity index (χ3n) is 5.06. The van der Waals surface area contributed by atoms with Crippen LogP contribution < -0.4 is 5.32 Å². The monoisotopic (exact) mass is 314 g/mol. The second-order valence-corrected chi connectivity index (χ2v) is 6.80. The van der Waals surface area contributed by atoms with Crippen molar-refractivity contribution < 1.29 is 4.79 Å².